The molecule has 0 aliphatic rings. The van der Waals surface area contributed by atoms with E-state index in [0.29, 0.717) is 6.54 Å². The highest BCUT2D eigenvalue weighted by molar-refractivity contribution is 5.85. The van der Waals surface area contributed by atoms with Crippen LogP contribution in [0.15, 0.2) is 18.2 Å². The number of rotatable bonds is 5. The quantitative estimate of drug-likeness (QED) is 0.764. The van der Waals surface area contributed by atoms with Gasteiger partial charge < -0.3 is 9.47 Å². The van der Waals surface area contributed by atoms with Crippen molar-refractivity contribution in [1.29, 1.82) is 0 Å². The van der Waals surface area contributed by atoms with Crippen molar-refractivity contribution in [2.24, 2.45) is 0 Å². The number of methoxy groups -OCH3 is 1. The molecule has 7 heteroatoms. The number of hydrogen-bond donors (Lipinski definition) is 0. The average molecular weight is 276 g/mol. The molecule has 20 heavy (non-hydrogen) atoms. The summed E-state index contributed by atoms with van der Waals surface area (Å²) in [7, 11) is 1.60. The van der Waals surface area contributed by atoms with E-state index in [-0.39, 0.29) is 12.4 Å². The molecular weight excluding hydrogens is 260 g/mol. The number of hydrogen-bond acceptors (Lipinski definition) is 6. The normalized spacial score (nSPS) is 10.3. The summed E-state index contributed by atoms with van der Waals surface area (Å²) >= 11 is 0. The second-order valence-corrected chi connectivity index (χ2v) is 4.20. The Balaban J connectivity index is 2.29. The van der Waals surface area contributed by atoms with Crippen LogP contribution in [0.1, 0.15) is 28.7 Å². The van der Waals surface area contributed by atoms with E-state index in [9.17, 15) is 4.79 Å². The molecular formula is C13H16N4O3. The maximum atomic E-state index is 11.7. The van der Waals surface area contributed by atoms with Crippen LogP contribution in [0.3, 0.4) is 0 Å². The van der Waals surface area contributed by atoms with Crippen molar-refractivity contribution in [3.05, 3.63) is 35.2 Å². The number of ether oxygens (including phenoxy) is 2. The first-order chi connectivity index (χ1) is 9.65. The van der Waals surface area contributed by atoms with E-state index in [2.05, 4.69) is 15.5 Å². The number of tetrazole rings is 1. The molecule has 0 aliphatic carbocycles. The lowest BCUT2D eigenvalue weighted by Crippen LogP contribution is -2.15. The molecule has 1 aromatic carbocycles. The fourth-order valence-electron chi connectivity index (χ4n) is 1.85. The van der Waals surface area contributed by atoms with Gasteiger partial charge in [-0.15, -0.1) is 5.10 Å². The standard InChI is InChI=1S/C13H16N4O3/c1-4-20-13(18)12-14-15-16-17(12)8-10-7-9(2)5-6-11(10)19-3/h5-7H,4,8H2,1-3H3. The number of benzene rings is 1. The molecule has 0 aliphatic heterocycles. The van der Waals surface area contributed by atoms with Crippen LogP contribution in [0, 0.1) is 6.92 Å². The number of nitrogens with zero attached hydrogens (tertiary/aromatic N) is 4. The van der Waals surface area contributed by atoms with Gasteiger partial charge in [0.15, 0.2) is 0 Å². The molecule has 0 bridgehead atoms. The molecule has 0 spiro atoms. The predicted octanol–water partition coefficient (Wildman–Crippen LogP) is 1.22. The number of carbonyl (C=O) groups excluding carboxylic acids is 1. The molecule has 1 heterocycles. The summed E-state index contributed by atoms with van der Waals surface area (Å²) < 4.78 is 11.6. The van der Waals surface area contributed by atoms with E-state index < -0.39 is 5.97 Å². The number of carbonyl (C=O) groups is 1. The Kier molecular flexibility index (Phi) is 4.29. The Bertz CT molecular complexity index is 609. The third-order valence-corrected chi connectivity index (χ3v) is 2.75. The van der Waals surface area contributed by atoms with Crippen molar-refractivity contribution in [3.8, 4) is 5.75 Å². The summed E-state index contributed by atoms with van der Waals surface area (Å²) in [6.45, 7) is 4.33. The Morgan fingerprint density at radius 3 is 2.90 bits per heavy atom. The van der Waals surface area contributed by atoms with Gasteiger partial charge in [-0.3, -0.25) is 0 Å². The number of esters is 1. The Morgan fingerprint density at radius 2 is 2.20 bits per heavy atom. The van der Waals surface area contributed by atoms with Crippen LogP contribution < -0.4 is 4.74 Å². The minimum absolute atomic E-state index is 0.0791. The molecule has 0 N–H and O–H groups in total. The third kappa shape index (κ3) is 2.93. The van der Waals surface area contributed by atoms with Crippen LogP contribution in [0.4, 0.5) is 0 Å². The zero-order valence-electron chi connectivity index (χ0n) is 11.7. The molecule has 0 atom stereocenters. The summed E-state index contributed by atoms with van der Waals surface area (Å²) in [5, 5.41) is 11.0. The smallest absolute Gasteiger partial charge is 0.378 e. The van der Waals surface area contributed by atoms with E-state index in [1.54, 1.807) is 14.0 Å². The second-order valence-electron chi connectivity index (χ2n) is 4.20. The lowest BCUT2D eigenvalue weighted by atomic mass is 10.1. The minimum Gasteiger partial charge on any atom is -0.496 e. The van der Waals surface area contributed by atoms with E-state index in [1.165, 1.54) is 4.68 Å². The monoisotopic (exact) mass is 276 g/mol. The van der Waals surface area contributed by atoms with Crippen LogP contribution >= 0.6 is 0 Å². The largest absolute Gasteiger partial charge is 0.496 e. The molecule has 0 saturated carbocycles. The zero-order chi connectivity index (χ0) is 14.5. The number of aromatic nitrogens is 4. The number of aryl methyl sites for hydroxylation is 1. The van der Waals surface area contributed by atoms with E-state index in [4.69, 9.17) is 9.47 Å². The van der Waals surface area contributed by atoms with Crippen molar-refractivity contribution in [2.75, 3.05) is 13.7 Å². The highest BCUT2D eigenvalue weighted by Crippen LogP contribution is 2.20. The van der Waals surface area contributed by atoms with Gasteiger partial charge in [-0.1, -0.05) is 17.7 Å². The van der Waals surface area contributed by atoms with Gasteiger partial charge in [0.25, 0.3) is 5.82 Å². The van der Waals surface area contributed by atoms with Gasteiger partial charge in [-0.2, -0.15) is 0 Å². The lowest BCUT2D eigenvalue weighted by molar-refractivity contribution is 0.0505. The first-order valence-corrected chi connectivity index (χ1v) is 6.22. The molecule has 0 amide bonds. The van der Waals surface area contributed by atoms with Gasteiger partial charge in [0.05, 0.1) is 20.3 Å². The highest BCUT2D eigenvalue weighted by atomic mass is 16.5. The van der Waals surface area contributed by atoms with E-state index in [1.807, 2.05) is 25.1 Å². The van der Waals surface area contributed by atoms with Crippen LogP contribution in [0.2, 0.25) is 0 Å². The Morgan fingerprint density at radius 1 is 1.40 bits per heavy atom. The molecule has 0 saturated heterocycles. The van der Waals surface area contributed by atoms with Gasteiger partial charge in [0.1, 0.15) is 5.75 Å². The first-order valence-electron chi connectivity index (χ1n) is 6.22. The molecule has 2 rings (SSSR count). The fraction of sp³-hybridized carbons (Fsp3) is 0.385. The van der Waals surface area contributed by atoms with Gasteiger partial charge in [-0.25, -0.2) is 9.48 Å². The van der Waals surface area contributed by atoms with Gasteiger partial charge in [0.2, 0.25) is 0 Å². The van der Waals surface area contributed by atoms with Crippen LogP contribution in [-0.4, -0.2) is 39.9 Å². The van der Waals surface area contributed by atoms with Crippen molar-refractivity contribution in [1.82, 2.24) is 20.2 Å². The SMILES string of the molecule is CCOC(=O)c1nnnn1Cc1cc(C)ccc1OC. The predicted molar refractivity (Wildman–Crippen MR) is 70.6 cm³/mol. The van der Waals surface area contributed by atoms with Crippen LogP contribution in [-0.2, 0) is 11.3 Å². The maximum Gasteiger partial charge on any atom is 0.378 e. The van der Waals surface area contributed by atoms with Gasteiger partial charge >= 0.3 is 5.97 Å². The van der Waals surface area contributed by atoms with Gasteiger partial charge in [-0.05, 0) is 30.3 Å². The molecule has 0 unspecified atom stereocenters. The highest BCUT2D eigenvalue weighted by Gasteiger charge is 2.17. The van der Waals surface area contributed by atoms with E-state index in [0.717, 1.165) is 16.9 Å². The van der Waals surface area contributed by atoms with Gasteiger partial charge in [0, 0.05) is 5.56 Å². The van der Waals surface area contributed by atoms with Crippen LogP contribution in [0.5, 0.6) is 5.75 Å². The fourth-order valence-corrected chi connectivity index (χ4v) is 1.85. The topological polar surface area (TPSA) is 79.1 Å². The molecule has 106 valence electrons. The van der Waals surface area contributed by atoms with Crippen molar-refractivity contribution in [3.63, 3.8) is 0 Å². The maximum absolute atomic E-state index is 11.7. The minimum atomic E-state index is -0.538. The summed E-state index contributed by atoms with van der Waals surface area (Å²) in [5.41, 5.74) is 1.98. The summed E-state index contributed by atoms with van der Waals surface area (Å²) in [4.78, 5) is 11.7. The van der Waals surface area contributed by atoms with E-state index >= 15 is 0 Å². The Labute approximate surface area is 116 Å². The van der Waals surface area contributed by atoms with Crippen molar-refractivity contribution < 1.29 is 14.3 Å². The third-order valence-electron chi connectivity index (χ3n) is 2.75. The zero-order valence-corrected chi connectivity index (χ0v) is 11.7. The molecule has 0 radical (unpaired) electrons. The lowest BCUT2D eigenvalue weighted by Gasteiger charge is -2.10. The first kappa shape index (κ1) is 14.0. The summed E-state index contributed by atoms with van der Waals surface area (Å²) in [5.74, 6) is 0.264. The molecule has 7 nitrogen and oxygen atoms in total. The molecule has 0 fully saturated rings. The summed E-state index contributed by atoms with van der Waals surface area (Å²) in [6.07, 6.45) is 0. The summed E-state index contributed by atoms with van der Waals surface area (Å²) in [6, 6.07) is 5.79. The molecule has 1 aromatic heterocycles. The van der Waals surface area contributed by atoms with Crippen molar-refractivity contribution in [2.45, 2.75) is 20.4 Å². The molecule has 2 aromatic rings. The van der Waals surface area contributed by atoms with Crippen molar-refractivity contribution >= 4 is 5.97 Å². The second kappa shape index (κ2) is 6.14. The Hall–Kier alpha value is -2.44. The van der Waals surface area contributed by atoms with Crippen LogP contribution in [0.25, 0.3) is 0 Å². The average Bonchev–Trinajstić information content (AvgIpc) is 2.87.